The molecule has 0 bridgehead atoms. The van der Waals surface area contributed by atoms with Crippen LogP contribution >= 0.6 is 0 Å². The Kier molecular flexibility index (Phi) is 7.98. The molecule has 2 N–H and O–H groups in total. The van der Waals surface area contributed by atoms with Gasteiger partial charge in [-0.25, -0.2) is 0 Å². The van der Waals surface area contributed by atoms with Crippen molar-refractivity contribution in [1.82, 2.24) is 0 Å². The molecule has 0 heterocycles. The Morgan fingerprint density at radius 3 is 1.59 bits per heavy atom. The molecule has 3 heteroatoms. The van der Waals surface area contributed by atoms with Crippen molar-refractivity contribution in [2.24, 2.45) is 0 Å². The molecular weight excluding hydrogens is 534 g/mol. The molecule has 2 aliphatic rings. The molecule has 0 saturated heterocycles. The topological polar surface area (TPSA) is 27.3 Å². The minimum absolute atomic E-state index is 0.0132. The lowest BCUT2D eigenvalue weighted by atomic mass is 9.79. The van der Waals surface area contributed by atoms with Gasteiger partial charge in [-0.05, 0) is 91.9 Å². The minimum atomic E-state index is -0.167. The van der Waals surface area contributed by atoms with Crippen molar-refractivity contribution in [2.45, 2.75) is 57.5 Å². The number of nitrogens with zero attached hydrogens (tertiary/aromatic N) is 1. The molecule has 0 fully saturated rings. The molecule has 0 aliphatic heterocycles. The van der Waals surface area contributed by atoms with E-state index >= 15 is 0 Å². The van der Waals surface area contributed by atoms with E-state index in [1.165, 1.54) is 55.7 Å². The molecule has 3 nitrogen and oxygen atoms in total. The SMILES string of the molecule is Cc1ccc(C(c2ccc(C)cc2NC2(C)C=CC=CC2)c2ccc(N(C)C)c3ccccc23)c(NC2(C)C=CC=CC2)c1. The third-order valence-corrected chi connectivity index (χ3v) is 9.11. The Morgan fingerprint density at radius 1 is 0.614 bits per heavy atom. The zero-order valence-corrected chi connectivity index (χ0v) is 27.0. The number of aryl methyl sites for hydroxylation is 2. The number of nitrogens with one attached hydrogen (secondary N) is 2. The maximum absolute atomic E-state index is 4.00. The summed E-state index contributed by atoms with van der Waals surface area (Å²) in [4.78, 5) is 2.21. The number of hydrogen-bond acceptors (Lipinski definition) is 3. The number of fused-ring (bicyclic) bond motifs is 1. The summed E-state index contributed by atoms with van der Waals surface area (Å²) in [6.45, 7) is 8.95. The zero-order chi connectivity index (χ0) is 30.9. The fourth-order valence-corrected chi connectivity index (χ4v) is 6.77. The zero-order valence-electron chi connectivity index (χ0n) is 27.0. The molecule has 2 atom stereocenters. The van der Waals surface area contributed by atoms with Crippen molar-refractivity contribution in [3.05, 3.63) is 149 Å². The Bertz CT molecular complexity index is 1720. The van der Waals surface area contributed by atoms with Crippen molar-refractivity contribution >= 4 is 27.8 Å². The van der Waals surface area contributed by atoms with E-state index in [0.29, 0.717) is 0 Å². The summed E-state index contributed by atoms with van der Waals surface area (Å²) >= 11 is 0. The highest BCUT2D eigenvalue weighted by atomic mass is 15.1. The molecule has 4 aromatic carbocycles. The lowest BCUT2D eigenvalue weighted by Crippen LogP contribution is -2.34. The molecule has 4 aromatic rings. The number of rotatable bonds is 8. The average molecular weight is 580 g/mol. The first-order valence-corrected chi connectivity index (χ1v) is 15.8. The van der Waals surface area contributed by atoms with Crippen LogP contribution in [0.2, 0.25) is 0 Å². The summed E-state index contributed by atoms with van der Waals surface area (Å²) in [5.41, 5.74) is 9.60. The van der Waals surface area contributed by atoms with E-state index in [1.54, 1.807) is 0 Å². The second-order valence-corrected chi connectivity index (χ2v) is 13.3. The van der Waals surface area contributed by atoms with Gasteiger partial charge in [0.05, 0.1) is 11.1 Å². The fraction of sp³-hybridized carbons (Fsp3) is 0.268. The van der Waals surface area contributed by atoms with Crippen molar-refractivity contribution in [3.63, 3.8) is 0 Å². The van der Waals surface area contributed by atoms with E-state index in [2.05, 4.69) is 179 Å². The quantitative estimate of drug-likeness (QED) is 0.203. The normalized spacial score (nSPS) is 21.4. The summed E-state index contributed by atoms with van der Waals surface area (Å²) in [6, 6.07) is 27.4. The van der Waals surface area contributed by atoms with E-state index in [9.17, 15) is 0 Å². The van der Waals surface area contributed by atoms with Crippen LogP contribution in [0.1, 0.15) is 60.4 Å². The molecule has 2 aliphatic carbocycles. The maximum Gasteiger partial charge on any atom is 0.0565 e. The smallest absolute Gasteiger partial charge is 0.0565 e. The summed E-state index contributed by atoms with van der Waals surface area (Å²) < 4.78 is 0. The van der Waals surface area contributed by atoms with E-state index in [0.717, 1.165) is 12.8 Å². The Labute approximate surface area is 263 Å². The molecule has 44 heavy (non-hydrogen) atoms. The highest BCUT2D eigenvalue weighted by molar-refractivity contribution is 5.97. The van der Waals surface area contributed by atoms with Gasteiger partial charge in [-0.1, -0.05) is 103 Å². The summed E-state index contributed by atoms with van der Waals surface area (Å²) in [7, 11) is 4.26. The highest BCUT2D eigenvalue weighted by Gasteiger charge is 2.30. The molecular formula is C41H45N3. The number of anilines is 3. The van der Waals surface area contributed by atoms with Gasteiger partial charge in [0.25, 0.3) is 0 Å². The molecule has 2 unspecified atom stereocenters. The van der Waals surface area contributed by atoms with Crippen LogP contribution in [0.5, 0.6) is 0 Å². The number of allylic oxidation sites excluding steroid dienone is 4. The van der Waals surface area contributed by atoms with Crippen molar-refractivity contribution in [3.8, 4) is 0 Å². The van der Waals surface area contributed by atoms with Gasteiger partial charge in [0.15, 0.2) is 0 Å². The lowest BCUT2D eigenvalue weighted by molar-refractivity contribution is 0.637. The minimum Gasteiger partial charge on any atom is -0.377 e. The van der Waals surface area contributed by atoms with Gasteiger partial charge >= 0.3 is 0 Å². The highest BCUT2D eigenvalue weighted by Crippen LogP contribution is 2.45. The molecule has 224 valence electrons. The molecule has 0 spiro atoms. The molecule has 0 amide bonds. The summed E-state index contributed by atoms with van der Waals surface area (Å²) in [5.74, 6) is -0.0132. The van der Waals surface area contributed by atoms with Gasteiger partial charge < -0.3 is 15.5 Å². The van der Waals surface area contributed by atoms with Crippen molar-refractivity contribution in [1.29, 1.82) is 0 Å². The van der Waals surface area contributed by atoms with Gasteiger partial charge in [0, 0.05) is 42.5 Å². The van der Waals surface area contributed by atoms with Crippen LogP contribution in [0.15, 0.2) is 121 Å². The van der Waals surface area contributed by atoms with Gasteiger partial charge in [-0.2, -0.15) is 0 Å². The first-order chi connectivity index (χ1) is 21.1. The van der Waals surface area contributed by atoms with E-state index in [1.807, 2.05) is 0 Å². The fourth-order valence-electron chi connectivity index (χ4n) is 6.77. The third-order valence-electron chi connectivity index (χ3n) is 9.11. The second kappa shape index (κ2) is 11.9. The van der Waals surface area contributed by atoms with Gasteiger partial charge in [0.1, 0.15) is 0 Å². The van der Waals surface area contributed by atoms with Gasteiger partial charge in [-0.3, -0.25) is 0 Å². The van der Waals surface area contributed by atoms with Crippen molar-refractivity contribution in [2.75, 3.05) is 29.6 Å². The maximum atomic E-state index is 4.00. The van der Waals surface area contributed by atoms with Crippen LogP contribution in [0, 0.1) is 13.8 Å². The Hall–Kier alpha value is -4.50. The van der Waals surface area contributed by atoms with Crippen LogP contribution in [0.25, 0.3) is 10.8 Å². The molecule has 0 aromatic heterocycles. The van der Waals surface area contributed by atoms with Gasteiger partial charge in [-0.15, -0.1) is 0 Å². The summed E-state index contributed by atoms with van der Waals surface area (Å²) in [5, 5.41) is 10.5. The van der Waals surface area contributed by atoms with E-state index in [4.69, 9.17) is 0 Å². The van der Waals surface area contributed by atoms with E-state index < -0.39 is 0 Å². The first-order valence-electron chi connectivity index (χ1n) is 15.8. The average Bonchev–Trinajstić information content (AvgIpc) is 2.99. The molecule has 6 rings (SSSR count). The van der Waals surface area contributed by atoms with Crippen LogP contribution in [-0.4, -0.2) is 25.2 Å². The second-order valence-electron chi connectivity index (χ2n) is 13.3. The number of hydrogen-bond donors (Lipinski definition) is 2. The third kappa shape index (κ3) is 5.97. The predicted octanol–water partition coefficient (Wildman–Crippen LogP) is 10.1. The standard InChI is InChI=1S/C41H45N3/c1-29-17-19-34(36(27-29)42-40(3)23-11-7-12-24-40)39(33-21-22-38(44(5)6)32-16-10-9-15-31(32)33)35-20-18-30(2)28-37(35)43-41(4)25-13-8-14-26-41/h7-23,25,27-28,39,42-43H,24,26H2,1-6H3. The largest absolute Gasteiger partial charge is 0.377 e. The van der Waals surface area contributed by atoms with Crippen LogP contribution in [0.4, 0.5) is 17.1 Å². The first kappa shape index (κ1) is 29.6. The van der Waals surface area contributed by atoms with Crippen LogP contribution in [-0.2, 0) is 0 Å². The lowest BCUT2D eigenvalue weighted by Gasteiger charge is -2.35. The Balaban J connectivity index is 1.61. The van der Waals surface area contributed by atoms with E-state index in [-0.39, 0.29) is 17.0 Å². The van der Waals surface area contributed by atoms with Crippen LogP contribution < -0.4 is 15.5 Å². The predicted molar refractivity (Wildman–Crippen MR) is 191 cm³/mol. The summed E-state index contributed by atoms with van der Waals surface area (Å²) in [6.07, 6.45) is 19.6. The Morgan fingerprint density at radius 2 is 1.11 bits per heavy atom. The molecule has 0 saturated carbocycles. The van der Waals surface area contributed by atoms with Gasteiger partial charge in [0.2, 0.25) is 0 Å². The van der Waals surface area contributed by atoms with Crippen LogP contribution in [0.3, 0.4) is 0 Å². The monoisotopic (exact) mass is 579 g/mol. The van der Waals surface area contributed by atoms with Crippen molar-refractivity contribution < 1.29 is 0 Å². The number of benzene rings is 4. The molecule has 0 radical (unpaired) electrons.